The van der Waals surface area contributed by atoms with Gasteiger partial charge in [0.1, 0.15) is 10.7 Å². The molecule has 16 heavy (non-hydrogen) atoms. The van der Waals surface area contributed by atoms with Crippen molar-refractivity contribution in [3.63, 3.8) is 0 Å². The molecule has 0 unspecified atom stereocenters. The lowest BCUT2D eigenvalue weighted by Crippen LogP contribution is -2.24. The Hall–Kier alpha value is -0.720. The van der Waals surface area contributed by atoms with Crippen molar-refractivity contribution in [1.82, 2.24) is 4.72 Å². The van der Waals surface area contributed by atoms with E-state index in [4.69, 9.17) is 11.6 Å². The van der Waals surface area contributed by atoms with Crippen LogP contribution in [-0.2, 0) is 15.9 Å². The van der Waals surface area contributed by atoms with E-state index in [1.165, 1.54) is 0 Å². The van der Waals surface area contributed by atoms with Gasteiger partial charge in [0.2, 0.25) is 10.0 Å². The zero-order chi connectivity index (χ0) is 12.3. The first-order chi connectivity index (χ1) is 7.44. The Bertz CT molecular complexity index is 491. The Morgan fingerprint density at radius 1 is 1.38 bits per heavy atom. The number of sulfonamides is 1. The van der Waals surface area contributed by atoms with Crippen molar-refractivity contribution in [3.8, 4) is 0 Å². The second-order valence-electron chi connectivity index (χ2n) is 2.97. The van der Waals surface area contributed by atoms with Gasteiger partial charge in [-0.2, -0.15) is 0 Å². The fourth-order valence-corrected chi connectivity index (χ4v) is 2.56. The minimum atomic E-state index is -3.94. The van der Waals surface area contributed by atoms with Crippen LogP contribution >= 0.6 is 11.6 Å². The summed E-state index contributed by atoms with van der Waals surface area (Å²) in [5, 5.41) is 0. The fourth-order valence-electron chi connectivity index (χ4n) is 1.17. The Kier molecular flexibility index (Phi) is 4.23. The summed E-state index contributed by atoms with van der Waals surface area (Å²) in [4.78, 5) is -0.591. The Balaban J connectivity index is 3.37. The largest absolute Gasteiger partial charge is 0.243 e. The van der Waals surface area contributed by atoms with Gasteiger partial charge in [-0.1, -0.05) is 6.92 Å². The highest BCUT2D eigenvalue weighted by atomic mass is 35.5. The normalized spacial score (nSPS) is 11.8. The highest BCUT2D eigenvalue weighted by Crippen LogP contribution is 2.22. The van der Waals surface area contributed by atoms with E-state index < -0.39 is 38.0 Å². The van der Waals surface area contributed by atoms with Gasteiger partial charge in [-0.3, -0.25) is 0 Å². The molecule has 1 N–H and O–H groups in total. The van der Waals surface area contributed by atoms with Crippen LogP contribution in [0.1, 0.15) is 12.5 Å². The maximum absolute atomic E-state index is 13.6. The summed E-state index contributed by atoms with van der Waals surface area (Å²) >= 11 is 5.34. The van der Waals surface area contributed by atoms with Crippen LogP contribution in [0.25, 0.3) is 0 Å². The van der Waals surface area contributed by atoms with Crippen LogP contribution in [0.4, 0.5) is 8.78 Å². The van der Waals surface area contributed by atoms with Crippen LogP contribution < -0.4 is 4.72 Å². The van der Waals surface area contributed by atoms with Gasteiger partial charge in [-0.15, -0.1) is 11.6 Å². The van der Waals surface area contributed by atoms with E-state index in [1.54, 1.807) is 6.92 Å². The van der Waals surface area contributed by atoms with Gasteiger partial charge >= 0.3 is 0 Å². The van der Waals surface area contributed by atoms with Crippen molar-refractivity contribution in [3.05, 3.63) is 29.3 Å². The molecule has 0 fully saturated rings. The molecule has 1 aromatic rings. The monoisotopic (exact) mass is 269 g/mol. The van der Waals surface area contributed by atoms with Crippen LogP contribution in [-0.4, -0.2) is 15.0 Å². The second kappa shape index (κ2) is 5.07. The minimum Gasteiger partial charge on any atom is -0.211 e. The average Bonchev–Trinajstić information content (AvgIpc) is 2.17. The molecule has 90 valence electrons. The lowest BCUT2D eigenvalue weighted by Gasteiger charge is -2.08. The van der Waals surface area contributed by atoms with Gasteiger partial charge < -0.3 is 0 Å². The van der Waals surface area contributed by atoms with Crippen molar-refractivity contribution >= 4 is 21.6 Å². The van der Waals surface area contributed by atoms with E-state index >= 15 is 0 Å². The first kappa shape index (κ1) is 13.3. The molecule has 0 aromatic heterocycles. The van der Waals surface area contributed by atoms with E-state index in [0.717, 1.165) is 12.1 Å². The van der Waals surface area contributed by atoms with Gasteiger partial charge in [0, 0.05) is 12.1 Å². The van der Waals surface area contributed by atoms with E-state index in [0.29, 0.717) is 0 Å². The Labute approximate surface area is 97.5 Å². The van der Waals surface area contributed by atoms with Crippen LogP contribution in [0, 0.1) is 11.6 Å². The standard InChI is InChI=1S/C9H10ClF2NO2S/c1-2-13-16(14,15)8-4-3-7(11)6(5-10)9(8)12/h3-4,13H,2,5H2,1H3. The predicted molar refractivity (Wildman–Crippen MR) is 56.8 cm³/mol. The molecule has 7 heteroatoms. The third-order valence-corrected chi connectivity index (χ3v) is 3.74. The summed E-state index contributed by atoms with van der Waals surface area (Å²) in [7, 11) is -3.94. The molecule has 0 amide bonds. The molecule has 1 aromatic carbocycles. The Morgan fingerprint density at radius 2 is 2.00 bits per heavy atom. The maximum atomic E-state index is 13.6. The summed E-state index contributed by atoms with van der Waals surface area (Å²) in [6, 6.07) is 1.75. The van der Waals surface area contributed by atoms with Gasteiger partial charge in [-0.05, 0) is 12.1 Å². The molecule has 1 rings (SSSR count). The van der Waals surface area contributed by atoms with Gasteiger partial charge in [0.05, 0.1) is 5.88 Å². The molecule has 0 saturated heterocycles. The summed E-state index contributed by atoms with van der Waals surface area (Å²) in [6.07, 6.45) is 0. The maximum Gasteiger partial charge on any atom is 0.243 e. The summed E-state index contributed by atoms with van der Waals surface area (Å²) in [5.74, 6) is -2.42. The SMILES string of the molecule is CCNS(=O)(=O)c1ccc(F)c(CCl)c1F. The van der Waals surface area contributed by atoms with E-state index in [-0.39, 0.29) is 6.54 Å². The van der Waals surface area contributed by atoms with Crippen molar-refractivity contribution in [2.75, 3.05) is 6.54 Å². The van der Waals surface area contributed by atoms with Crippen LogP contribution in [0.2, 0.25) is 0 Å². The average molecular weight is 270 g/mol. The zero-order valence-corrected chi connectivity index (χ0v) is 10.00. The quantitative estimate of drug-likeness (QED) is 0.850. The van der Waals surface area contributed by atoms with Crippen LogP contribution in [0.3, 0.4) is 0 Å². The number of hydrogen-bond acceptors (Lipinski definition) is 2. The van der Waals surface area contributed by atoms with Crippen molar-refractivity contribution in [2.45, 2.75) is 17.7 Å². The zero-order valence-electron chi connectivity index (χ0n) is 8.43. The summed E-state index contributed by atoms with van der Waals surface area (Å²) in [6.45, 7) is 1.68. The van der Waals surface area contributed by atoms with Gasteiger partial charge in [0.25, 0.3) is 0 Å². The molecule has 0 heterocycles. The summed E-state index contributed by atoms with van der Waals surface area (Å²) < 4.78 is 51.8. The third kappa shape index (κ3) is 2.50. The number of rotatable bonds is 4. The predicted octanol–water partition coefficient (Wildman–Crippen LogP) is 2.00. The van der Waals surface area contributed by atoms with Crippen molar-refractivity contribution in [2.24, 2.45) is 0 Å². The molecule has 0 aliphatic carbocycles. The lowest BCUT2D eigenvalue weighted by atomic mass is 10.2. The van der Waals surface area contributed by atoms with Crippen molar-refractivity contribution in [1.29, 1.82) is 0 Å². The van der Waals surface area contributed by atoms with Crippen molar-refractivity contribution < 1.29 is 17.2 Å². The number of halogens is 3. The molecule has 0 bridgehead atoms. The topological polar surface area (TPSA) is 46.2 Å². The van der Waals surface area contributed by atoms with E-state index in [9.17, 15) is 17.2 Å². The number of alkyl halides is 1. The molecule has 0 aliphatic rings. The van der Waals surface area contributed by atoms with Crippen LogP contribution in [0.15, 0.2) is 17.0 Å². The molecule has 3 nitrogen and oxygen atoms in total. The molecular weight excluding hydrogens is 260 g/mol. The lowest BCUT2D eigenvalue weighted by molar-refractivity contribution is 0.532. The smallest absolute Gasteiger partial charge is 0.211 e. The summed E-state index contributed by atoms with van der Waals surface area (Å²) in [5.41, 5.74) is -0.444. The molecule has 0 atom stereocenters. The molecule has 0 spiro atoms. The molecule has 0 saturated carbocycles. The van der Waals surface area contributed by atoms with Gasteiger partial charge in [0.15, 0.2) is 5.82 Å². The first-order valence-corrected chi connectivity index (χ1v) is 6.48. The number of hydrogen-bond donors (Lipinski definition) is 1. The van der Waals surface area contributed by atoms with E-state index in [1.807, 2.05) is 0 Å². The number of nitrogens with one attached hydrogen (secondary N) is 1. The van der Waals surface area contributed by atoms with E-state index in [2.05, 4.69) is 4.72 Å². The first-order valence-electron chi connectivity index (χ1n) is 4.46. The highest BCUT2D eigenvalue weighted by molar-refractivity contribution is 7.89. The van der Waals surface area contributed by atoms with Crippen LogP contribution in [0.5, 0.6) is 0 Å². The molecular formula is C9H10ClF2NO2S. The second-order valence-corrected chi connectivity index (χ2v) is 4.98. The molecule has 0 aliphatic heterocycles. The fraction of sp³-hybridized carbons (Fsp3) is 0.333. The van der Waals surface area contributed by atoms with Gasteiger partial charge in [-0.25, -0.2) is 21.9 Å². The minimum absolute atomic E-state index is 0.120. The third-order valence-electron chi connectivity index (χ3n) is 1.91. The Morgan fingerprint density at radius 3 is 2.50 bits per heavy atom. The molecule has 0 radical (unpaired) electrons. The highest BCUT2D eigenvalue weighted by Gasteiger charge is 2.22. The number of benzene rings is 1.